The highest BCUT2D eigenvalue weighted by Gasteiger charge is 2.63. The Morgan fingerprint density at radius 3 is 1.86 bits per heavy atom. The smallest absolute Gasteiger partial charge is 0.309 e. The molecule has 7 nitrogen and oxygen atoms in total. The molecular weight excluding hydrogens is 362 g/mol. The quantitative estimate of drug-likeness (QED) is 0.779. The molecule has 1 heterocycles. The van der Waals surface area contributed by atoms with E-state index in [2.05, 4.69) is 0 Å². The van der Waals surface area contributed by atoms with Gasteiger partial charge in [0, 0.05) is 10.8 Å². The Bertz CT molecular complexity index is 797. The number of hydrogen-bond acceptors (Lipinski definition) is 5. The second-order valence-corrected chi connectivity index (χ2v) is 8.85. The fourth-order valence-corrected chi connectivity index (χ4v) is 5.35. The van der Waals surface area contributed by atoms with Crippen LogP contribution in [0.3, 0.4) is 0 Å². The lowest BCUT2D eigenvalue weighted by molar-refractivity contribution is -0.184. The number of rotatable bonds is 5. The summed E-state index contributed by atoms with van der Waals surface area (Å²) in [5.41, 5.74) is -2.32. The first-order chi connectivity index (χ1) is 13.0. The first kappa shape index (κ1) is 20.2. The molecule has 1 aromatic carbocycles. The van der Waals surface area contributed by atoms with Crippen LogP contribution in [0.25, 0.3) is 0 Å². The van der Waals surface area contributed by atoms with Crippen molar-refractivity contribution in [1.29, 1.82) is 0 Å². The van der Waals surface area contributed by atoms with Gasteiger partial charge >= 0.3 is 5.97 Å². The molecule has 3 atom stereocenters. The number of likely N-dealkylation sites (tertiary alicyclic amines) is 1. The zero-order chi connectivity index (χ0) is 20.9. The van der Waals surface area contributed by atoms with E-state index in [-0.39, 0.29) is 31.2 Å². The highest BCUT2D eigenvalue weighted by Crippen LogP contribution is 2.58. The number of imide groups is 1. The number of nitrogens with zero attached hydrogens (tertiary/aromatic N) is 1. The van der Waals surface area contributed by atoms with Crippen LogP contribution in [0.1, 0.15) is 45.6 Å². The van der Waals surface area contributed by atoms with Gasteiger partial charge in [0.2, 0.25) is 11.8 Å². The first-order valence-corrected chi connectivity index (χ1v) is 9.29. The summed E-state index contributed by atoms with van der Waals surface area (Å²) in [5, 5.41) is 9.72. The molecule has 28 heavy (non-hydrogen) atoms. The van der Waals surface area contributed by atoms with Gasteiger partial charge in [-0.25, -0.2) is 0 Å². The molecule has 3 rings (SSSR count). The SMILES string of the molecule is COc1cccc(OC)c1CN1C(=O)[C@@]2(C)CC(C)(C(=O)O)C[C@](C)(C2)C1=O. The average molecular weight is 389 g/mol. The third-order valence-corrected chi connectivity index (χ3v) is 6.23. The molecular formula is C21H27NO6. The molecule has 7 heteroatoms. The van der Waals surface area contributed by atoms with Gasteiger partial charge in [-0.05, 0) is 38.3 Å². The molecule has 152 valence electrons. The number of carbonyl (C=O) groups excluding carboxylic acids is 2. The van der Waals surface area contributed by atoms with Gasteiger partial charge in [-0.1, -0.05) is 19.9 Å². The van der Waals surface area contributed by atoms with Gasteiger partial charge in [0.05, 0.1) is 31.7 Å². The molecule has 0 radical (unpaired) electrons. The molecule has 2 amide bonds. The van der Waals surface area contributed by atoms with Crippen LogP contribution in [0.4, 0.5) is 0 Å². The molecule has 1 N–H and O–H groups in total. The maximum atomic E-state index is 13.4. The second-order valence-electron chi connectivity index (χ2n) is 8.85. The van der Waals surface area contributed by atoms with Crippen molar-refractivity contribution < 1.29 is 29.0 Å². The van der Waals surface area contributed by atoms with Gasteiger partial charge in [0.15, 0.2) is 0 Å². The summed E-state index contributed by atoms with van der Waals surface area (Å²) >= 11 is 0. The van der Waals surface area contributed by atoms with Crippen molar-refractivity contribution in [2.45, 2.75) is 46.6 Å². The van der Waals surface area contributed by atoms with E-state index < -0.39 is 22.2 Å². The zero-order valence-corrected chi connectivity index (χ0v) is 17.0. The third kappa shape index (κ3) is 2.93. The van der Waals surface area contributed by atoms with Gasteiger partial charge in [-0.15, -0.1) is 0 Å². The molecule has 0 spiro atoms. The summed E-state index contributed by atoms with van der Waals surface area (Å²) in [5.74, 6) is -0.585. The fraction of sp³-hybridized carbons (Fsp3) is 0.571. The number of piperidine rings is 1. The van der Waals surface area contributed by atoms with Crippen LogP contribution < -0.4 is 9.47 Å². The maximum Gasteiger partial charge on any atom is 0.309 e. The van der Waals surface area contributed by atoms with Crippen LogP contribution in [0.5, 0.6) is 11.5 Å². The van der Waals surface area contributed by atoms with Crippen molar-refractivity contribution in [3.8, 4) is 11.5 Å². The fourth-order valence-electron chi connectivity index (χ4n) is 5.35. The van der Waals surface area contributed by atoms with Crippen LogP contribution in [-0.4, -0.2) is 42.0 Å². The number of fused-ring (bicyclic) bond motifs is 2. The first-order valence-electron chi connectivity index (χ1n) is 9.29. The molecule has 2 fully saturated rings. The molecule has 1 aliphatic carbocycles. The van der Waals surface area contributed by atoms with Crippen molar-refractivity contribution in [2.24, 2.45) is 16.2 Å². The summed E-state index contributed by atoms with van der Waals surface area (Å²) < 4.78 is 10.8. The number of aliphatic carboxylic acids is 1. The van der Waals surface area contributed by atoms with Crippen molar-refractivity contribution in [3.05, 3.63) is 23.8 Å². The molecule has 0 aromatic heterocycles. The van der Waals surface area contributed by atoms with Crippen molar-refractivity contribution in [3.63, 3.8) is 0 Å². The predicted octanol–water partition coefficient (Wildman–Crippen LogP) is 2.86. The number of carboxylic acids is 1. The van der Waals surface area contributed by atoms with E-state index in [1.165, 1.54) is 19.1 Å². The Balaban J connectivity index is 2.04. The molecule has 1 saturated carbocycles. The number of ether oxygens (including phenoxy) is 2. The Morgan fingerprint density at radius 1 is 1.00 bits per heavy atom. The average Bonchev–Trinajstić information content (AvgIpc) is 2.62. The summed E-state index contributed by atoms with van der Waals surface area (Å²) in [4.78, 5) is 39.8. The molecule has 1 aromatic rings. The Labute approximate surface area is 164 Å². The van der Waals surface area contributed by atoms with Crippen molar-refractivity contribution >= 4 is 17.8 Å². The highest BCUT2D eigenvalue weighted by atomic mass is 16.5. The predicted molar refractivity (Wildman–Crippen MR) is 101 cm³/mol. The van der Waals surface area contributed by atoms with E-state index >= 15 is 0 Å². The number of hydrogen-bond donors (Lipinski definition) is 1. The molecule has 1 aliphatic heterocycles. The van der Waals surface area contributed by atoms with Gasteiger partial charge in [-0.3, -0.25) is 19.3 Å². The van der Waals surface area contributed by atoms with Crippen molar-refractivity contribution in [1.82, 2.24) is 4.90 Å². The van der Waals surface area contributed by atoms with E-state index in [1.807, 2.05) is 0 Å². The largest absolute Gasteiger partial charge is 0.496 e. The Kier molecular flexibility index (Phi) is 4.68. The normalized spacial score (nSPS) is 32.2. The van der Waals surface area contributed by atoms with E-state index in [4.69, 9.17) is 9.47 Å². The van der Waals surface area contributed by atoms with E-state index in [1.54, 1.807) is 39.0 Å². The van der Waals surface area contributed by atoms with E-state index in [0.717, 1.165) is 0 Å². The van der Waals surface area contributed by atoms with E-state index in [9.17, 15) is 19.5 Å². The number of methoxy groups -OCH3 is 2. The highest BCUT2D eigenvalue weighted by molar-refractivity contribution is 6.04. The summed E-state index contributed by atoms with van der Waals surface area (Å²) in [6, 6.07) is 5.28. The third-order valence-electron chi connectivity index (χ3n) is 6.23. The summed E-state index contributed by atoms with van der Waals surface area (Å²) in [7, 11) is 3.04. The zero-order valence-electron chi connectivity index (χ0n) is 17.0. The van der Waals surface area contributed by atoms with Crippen LogP contribution in [0.15, 0.2) is 18.2 Å². The molecule has 1 saturated heterocycles. The lowest BCUT2D eigenvalue weighted by atomic mass is 9.52. The van der Waals surface area contributed by atoms with Crippen LogP contribution in [0, 0.1) is 16.2 Å². The maximum absolute atomic E-state index is 13.4. The van der Waals surface area contributed by atoms with Crippen LogP contribution in [0.2, 0.25) is 0 Å². The van der Waals surface area contributed by atoms with Crippen LogP contribution >= 0.6 is 0 Å². The van der Waals surface area contributed by atoms with Gasteiger partial charge in [0.1, 0.15) is 11.5 Å². The Hall–Kier alpha value is -2.57. The number of carbonyl (C=O) groups is 3. The molecule has 2 aliphatic rings. The van der Waals surface area contributed by atoms with E-state index in [0.29, 0.717) is 23.5 Å². The topological polar surface area (TPSA) is 93.1 Å². The minimum Gasteiger partial charge on any atom is -0.496 e. The van der Waals surface area contributed by atoms with Gasteiger partial charge < -0.3 is 14.6 Å². The number of carboxylic acid groups (broad SMARTS) is 1. The minimum absolute atomic E-state index is 0.0276. The standard InChI is InChI=1S/C21H27NO6/c1-19-10-20(2,12-21(3,11-19)18(25)26)17(24)22(16(19)23)9-13-14(27-4)7-6-8-15(13)28-5/h6-8H,9-12H2,1-5H3,(H,25,26)/t19-,20+,21?. The van der Waals surface area contributed by atoms with Gasteiger partial charge in [-0.2, -0.15) is 0 Å². The molecule has 1 unspecified atom stereocenters. The number of benzene rings is 1. The monoisotopic (exact) mass is 389 g/mol. The lowest BCUT2D eigenvalue weighted by Crippen LogP contribution is -2.63. The van der Waals surface area contributed by atoms with Crippen molar-refractivity contribution in [2.75, 3.05) is 14.2 Å². The van der Waals surface area contributed by atoms with Gasteiger partial charge in [0.25, 0.3) is 0 Å². The lowest BCUT2D eigenvalue weighted by Gasteiger charge is -2.55. The number of amides is 2. The minimum atomic E-state index is -1.11. The second kappa shape index (κ2) is 6.50. The Morgan fingerprint density at radius 2 is 1.46 bits per heavy atom. The van der Waals surface area contributed by atoms with Crippen LogP contribution in [-0.2, 0) is 20.9 Å². The summed E-state index contributed by atoms with van der Waals surface area (Å²) in [6.45, 7) is 5.20. The summed E-state index contributed by atoms with van der Waals surface area (Å²) in [6.07, 6.45) is 0.771. The molecule has 2 bridgehead atoms.